The lowest BCUT2D eigenvalue weighted by molar-refractivity contribution is -0.149. The van der Waals surface area contributed by atoms with Gasteiger partial charge in [-0.3, -0.25) is 4.79 Å². The van der Waals surface area contributed by atoms with Gasteiger partial charge in [0.15, 0.2) is 0 Å². The Bertz CT molecular complexity index is 681. The Balaban J connectivity index is 2.27. The van der Waals surface area contributed by atoms with Gasteiger partial charge in [0.05, 0.1) is 12.6 Å². The van der Waals surface area contributed by atoms with Crippen LogP contribution in [0, 0.1) is 0 Å². The summed E-state index contributed by atoms with van der Waals surface area (Å²) in [7, 11) is -1.80. The molecule has 3 atom stereocenters. The number of rotatable bonds is 10. The highest BCUT2D eigenvalue weighted by Crippen LogP contribution is 2.20. The second-order valence-electron chi connectivity index (χ2n) is 8.82. The molecule has 0 saturated carbocycles. The fourth-order valence-electron chi connectivity index (χ4n) is 3.39. The van der Waals surface area contributed by atoms with Gasteiger partial charge < -0.3 is 14.8 Å². The first-order valence-corrected chi connectivity index (χ1v) is 14.5. The molecular formula is C22H37N3O4Si. The van der Waals surface area contributed by atoms with Crippen LogP contribution in [0.5, 0.6) is 0 Å². The van der Waals surface area contributed by atoms with Crippen molar-refractivity contribution in [1.29, 1.82) is 0 Å². The summed E-state index contributed by atoms with van der Waals surface area (Å²) in [6.45, 7) is 11.4. The number of unbranched alkanes of at least 4 members (excludes halogenated alkanes) is 1. The molecule has 0 bridgehead atoms. The molecule has 1 saturated heterocycles. The first-order chi connectivity index (χ1) is 14.2. The number of nitrogens with one attached hydrogen (secondary N) is 2. The van der Waals surface area contributed by atoms with E-state index < -0.39 is 14.2 Å². The van der Waals surface area contributed by atoms with Crippen molar-refractivity contribution in [2.45, 2.75) is 77.2 Å². The van der Waals surface area contributed by atoms with Gasteiger partial charge in [-0.05, 0) is 25.3 Å². The number of hydrogen-bond acceptors (Lipinski definition) is 4. The number of carbonyl (C=O) groups is 2. The van der Waals surface area contributed by atoms with Crippen LogP contribution in [0.1, 0.15) is 38.7 Å². The van der Waals surface area contributed by atoms with Crippen molar-refractivity contribution in [3.8, 4) is 0 Å². The zero-order valence-corrected chi connectivity index (χ0v) is 19.9. The summed E-state index contributed by atoms with van der Waals surface area (Å²) >= 11 is 0. The predicted octanol–water partition coefficient (Wildman–Crippen LogP) is 3.47. The molecule has 0 aromatic heterocycles. The third-order valence-corrected chi connectivity index (χ3v) is 6.75. The maximum Gasteiger partial charge on any atom is 0.333 e. The fraction of sp³-hybridized carbons (Fsp3) is 0.636. The third kappa shape index (κ3) is 7.41. The average molecular weight is 436 g/mol. The number of carbonyl (C=O) groups excluding carboxylic acids is 2. The molecule has 1 aliphatic rings. The fourth-order valence-corrected chi connectivity index (χ4v) is 4.64. The van der Waals surface area contributed by atoms with Crippen molar-refractivity contribution >= 4 is 20.0 Å². The molecule has 3 amide bonds. The molecule has 1 unspecified atom stereocenters. The molecular weight excluding hydrogens is 398 g/mol. The van der Waals surface area contributed by atoms with Crippen LogP contribution >= 0.6 is 0 Å². The minimum absolute atomic E-state index is 0.0954. The number of nitrogens with zero attached hydrogens (tertiary/aromatic N) is 1. The normalized spacial score (nSPS) is 20.8. The molecule has 7 nitrogen and oxygen atoms in total. The number of amides is 3. The van der Waals surface area contributed by atoms with E-state index in [1.165, 1.54) is 5.01 Å². The zero-order valence-electron chi connectivity index (χ0n) is 18.9. The van der Waals surface area contributed by atoms with E-state index in [0.29, 0.717) is 19.4 Å². The smallest absolute Gasteiger partial charge is 0.333 e. The van der Waals surface area contributed by atoms with Crippen molar-refractivity contribution in [2.24, 2.45) is 0 Å². The number of benzene rings is 1. The largest absolute Gasteiger partial charge is 0.357 e. The van der Waals surface area contributed by atoms with Gasteiger partial charge in [-0.2, -0.15) is 0 Å². The molecule has 168 valence electrons. The Labute approximate surface area is 181 Å². The van der Waals surface area contributed by atoms with Gasteiger partial charge in [-0.25, -0.2) is 15.2 Å². The van der Waals surface area contributed by atoms with Crippen molar-refractivity contribution in [1.82, 2.24) is 15.8 Å². The van der Waals surface area contributed by atoms with E-state index in [-0.39, 0.29) is 30.4 Å². The lowest BCUT2D eigenvalue weighted by Gasteiger charge is -2.35. The monoisotopic (exact) mass is 435 g/mol. The molecule has 1 aromatic rings. The summed E-state index contributed by atoms with van der Waals surface area (Å²) in [6.07, 6.45) is 2.33. The SMILES string of the molecule is CCCCC(=O)N1C[C@@H](OC(OCC)[Si](C)(C)C)[C@@H](Cc2ccccc2)NC(=O)N1. The standard InChI is InChI=1S/C22H37N3O4Si/c1-6-8-14-20(26)25-16-19(29-22(28-7-2)30(3,4)5)18(23-21(27)24-25)15-17-12-10-9-11-13-17/h9-13,18-19,22H,6-8,14-16H2,1-5H3,(H2,23,24,27)/t18-,19-,22?/m1/s1. The van der Waals surface area contributed by atoms with Crippen LogP contribution in [0.2, 0.25) is 19.6 Å². The summed E-state index contributed by atoms with van der Waals surface area (Å²) in [5.74, 6) is -0.421. The van der Waals surface area contributed by atoms with E-state index in [0.717, 1.165) is 18.4 Å². The van der Waals surface area contributed by atoms with Crippen LogP contribution in [0.4, 0.5) is 4.79 Å². The van der Waals surface area contributed by atoms with Crippen LogP contribution in [0.3, 0.4) is 0 Å². The third-order valence-electron chi connectivity index (χ3n) is 5.03. The second-order valence-corrected chi connectivity index (χ2v) is 14.0. The van der Waals surface area contributed by atoms with E-state index in [9.17, 15) is 9.59 Å². The summed E-state index contributed by atoms with van der Waals surface area (Å²) in [5.41, 5.74) is 3.80. The Morgan fingerprint density at radius 3 is 2.53 bits per heavy atom. The van der Waals surface area contributed by atoms with Crippen molar-refractivity contribution in [3.05, 3.63) is 35.9 Å². The van der Waals surface area contributed by atoms with E-state index in [2.05, 4.69) is 30.4 Å². The summed E-state index contributed by atoms with van der Waals surface area (Å²) in [6, 6.07) is 9.33. The van der Waals surface area contributed by atoms with E-state index >= 15 is 0 Å². The highest BCUT2D eigenvalue weighted by molar-refractivity contribution is 6.77. The average Bonchev–Trinajstić information content (AvgIpc) is 2.84. The maximum atomic E-state index is 12.7. The number of hydrogen-bond donors (Lipinski definition) is 2. The minimum Gasteiger partial charge on any atom is -0.357 e. The molecule has 30 heavy (non-hydrogen) atoms. The van der Waals surface area contributed by atoms with Gasteiger partial charge in [0.25, 0.3) is 0 Å². The Hall–Kier alpha value is -1.90. The molecule has 1 aliphatic heterocycles. The Kier molecular flexibility index (Phi) is 9.32. The lowest BCUT2D eigenvalue weighted by Crippen LogP contribution is -2.52. The van der Waals surface area contributed by atoms with Crippen LogP contribution in [0.15, 0.2) is 30.3 Å². The topological polar surface area (TPSA) is 79.9 Å². The molecule has 1 aromatic carbocycles. The van der Waals surface area contributed by atoms with Crippen LogP contribution in [-0.4, -0.2) is 56.2 Å². The van der Waals surface area contributed by atoms with Gasteiger partial charge >= 0.3 is 6.03 Å². The predicted molar refractivity (Wildman–Crippen MR) is 120 cm³/mol. The van der Waals surface area contributed by atoms with E-state index in [4.69, 9.17) is 9.47 Å². The molecule has 0 spiro atoms. The first-order valence-electron chi connectivity index (χ1n) is 10.9. The molecule has 0 aliphatic carbocycles. The summed E-state index contributed by atoms with van der Waals surface area (Å²) in [4.78, 5) is 25.2. The van der Waals surface area contributed by atoms with E-state index in [1.807, 2.05) is 44.2 Å². The Morgan fingerprint density at radius 1 is 1.23 bits per heavy atom. The van der Waals surface area contributed by atoms with E-state index in [1.54, 1.807) is 0 Å². The second kappa shape index (κ2) is 11.5. The summed E-state index contributed by atoms with van der Waals surface area (Å²) < 4.78 is 12.4. The maximum absolute atomic E-state index is 12.7. The lowest BCUT2D eigenvalue weighted by atomic mass is 10.0. The zero-order chi connectivity index (χ0) is 22.1. The van der Waals surface area contributed by atoms with Crippen molar-refractivity contribution < 1.29 is 19.1 Å². The molecule has 2 rings (SSSR count). The van der Waals surface area contributed by atoms with Crippen molar-refractivity contribution in [3.63, 3.8) is 0 Å². The summed E-state index contributed by atoms with van der Waals surface area (Å²) in [5, 5.41) is 4.42. The van der Waals surface area contributed by atoms with Crippen molar-refractivity contribution in [2.75, 3.05) is 13.2 Å². The molecule has 8 heteroatoms. The van der Waals surface area contributed by atoms with Gasteiger partial charge in [-0.15, -0.1) is 0 Å². The molecule has 1 fully saturated rings. The van der Waals surface area contributed by atoms with Crippen LogP contribution in [-0.2, 0) is 20.7 Å². The van der Waals surface area contributed by atoms with Gasteiger partial charge in [0, 0.05) is 13.0 Å². The number of urea groups is 1. The molecule has 2 N–H and O–H groups in total. The van der Waals surface area contributed by atoms with Gasteiger partial charge in [0.2, 0.25) is 5.91 Å². The van der Waals surface area contributed by atoms with Crippen LogP contribution < -0.4 is 10.7 Å². The van der Waals surface area contributed by atoms with Gasteiger partial charge in [0.1, 0.15) is 20.1 Å². The Morgan fingerprint density at radius 2 is 1.93 bits per heavy atom. The highest BCUT2D eigenvalue weighted by atomic mass is 28.3. The minimum atomic E-state index is -1.80. The number of hydrazine groups is 1. The van der Waals surface area contributed by atoms with Gasteiger partial charge in [-0.1, -0.05) is 63.3 Å². The number of ether oxygens (including phenoxy) is 2. The quantitative estimate of drug-likeness (QED) is 0.436. The molecule has 1 heterocycles. The first kappa shape index (κ1) is 24.4. The van der Waals surface area contributed by atoms with Crippen LogP contribution in [0.25, 0.3) is 0 Å². The molecule has 0 radical (unpaired) electrons. The highest BCUT2D eigenvalue weighted by Gasteiger charge is 2.38.